The Kier molecular flexibility index (Phi) is 3.32. The number of hydrogen-bond donors (Lipinski definition) is 1. The molecule has 1 unspecified atom stereocenters. The molecular weight excluding hydrogens is 290 g/mol. The Balaban J connectivity index is 2.40. The third-order valence-corrected chi connectivity index (χ3v) is 3.93. The molecule has 0 aliphatic carbocycles. The molecule has 0 fully saturated rings. The van der Waals surface area contributed by atoms with E-state index in [1.165, 1.54) is 0 Å². The summed E-state index contributed by atoms with van der Waals surface area (Å²) in [6.45, 7) is 0. The Labute approximate surface area is 106 Å². The maximum atomic E-state index is 6.20. The second-order valence-corrected chi connectivity index (χ2v) is 5.67. The second-order valence-electron chi connectivity index (χ2n) is 3.38. The van der Waals surface area contributed by atoms with E-state index in [4.69, 9.17) is 10.5 Å². The number of thiophene rings is 1. The average Bonchev–Trinajstić information content (AvgIpc) is 2.83. The van der Waals surface area contributed by atoms with E-state index in [-0.39, 0.29) is 6.04 Å². The highest BCUT2D eigenvalue weighted by molar-refractivity contribution is 9.11. The summed E-state index contributed by atoms with van der Waals surface area (Å²) in [5.74, 6) is 0.720. The topological polar surface area (TPSA) is 53.1 Å². The van der Waals surface area contributed by atoms with Gasteiger partial charge in [-0.2, -0.15) is 5.10 Å². The molecule has 16 heavy (non-hydrogen) atoms. The zero-order chi connectivity index (χ0) is 11.7. The fraction of sp³-hybridized carbons (Fsp3) is 0.300. The van der Waals surface area contributed by atoms with Crippen LogP contribution in [0.25, 0.3) is 0 Å². The maximum Gasteiger partial charge on any atom is 0.161 e. The molecule has 2 aromatic rings. The molecule has 0 aliphatic heterocycles. The van der Waals surface area contributed by atoms with Crippen molar-refractivity contribution in [2.75, 3.05) is 7.11 Å². The number of halogens is 1. The number of methoxy groups -OCH3 is 1. The largest absolute Gasteiger partial charge is 0.493 e. The summed E-state index contributed by atoms with van der Waals surface area (Å²) in [6, 6.07) is 1.80. The van der Waals surface area contributed by atoms with Crippen LogP contribution < -0.4 is 10.5 Å². The van der Waals surface area contributed by atoms with Crippen molar-refractivity contribution in [1.29, 1.82) is 0 Å². The standard InChI is InChI=1S/C10H12BrN3OS/c1-14-10(7(15-2)4-13-14)9(12)6-3-8(11)16-5-6/h3-5,9H,12H2,1-2H3. The van der Waals surface area contributed by atoms with Crippen LogP contribution in [0.1, 0.15) is 17.3 Å². The summed E-state index contributed by atoms with van der Waals surface area (Å²) in [5, 5.41) is 6.17. The van der Waals surface area contributed by atoms with Crippen LogP contribution in [0.5, 0.6) is 5.75 Å². The van der Waals surface area contributed by atoms with Crippen molar-refractivity contribution in [1.82, 2.24) is 9.78 Å². The van der Waals surface area contributed by atoms with Crippen LogP contribution in [-0.4, -0.2) is 16.9 Å². The van der Waals surface area contributed by atoms with E-state index >= 15 is 0 Å². The second kappa shape index (κ2) is 4.57. The summed E-state index contributed by atoms with van der Waals surface area (Å²) in [5.41, 5.74) is 8.13. The lowest BCUT2D eigenvalue weighted by molar-refractivity contribution is 0.406. The van der Waals surface area contributed by atoms with E-state index in [1.54, 1.807) is 29.3 Å². The van der Waals surface area contributed by atoms with Gasteiger partial charge in [0.05, 0.1) is 23.1 Å². The zero-order valence-electron chi connectivity index (χ0n) is 8.98. The van der Waals surface area contributed by atoms with Crippen molar-refractivity contribution >= 4 is 27.3 Å². The van der Waals surface area contributed by atoms with Crippen molar-refractivity contribution in [3.8, 4) is 5.75 Å². The van der Waals surface area contributed by atoms with Crippen LogP contribution in [0.4, 0.5) is 0 Å². The Morgan fingerprint density at radius 3 is 2.94 bits per heavy atom. The molecule has 4 nitrogen and oxygen atoms in total. The van der Waals surface area contributed by atoms with Crippen molar-refractivity contribution < 1.29 is 4.74 Å². The molecule has 0 bridgehead atoms. The monoisotopic (exact) mass is 301 g/mol. The van der Waals surface area contributed by atoms with Gasteiger partial charge in [-0.15, -0.1) is 11.3 Å². The fourth-order valence-electron chi connectivity index (χ4n) is 1.58. The van der Waals surface area contributed by atoms with Gasteiger partial charge in [-0.25, -0.2) is 0 Å². The quantitative estimate of drug-likeness (QED) is 0.946. The molecule has 0 aromatic carbocycles. The van der Waals surface area contributed by atoms with E-state index in [2.05, 4.69) is 21.0 Å². The first-order valence-corrected chi connectivity index (χ1v) is 6.36. The first-order chi connectivity index (χ1) is 7.63. The Bertz CT molecular complexity index is 494. The predicted molar refractivity (Wildman–Crippen MR) is 67.8 cm³/mol. The Morgan fingerprint density at radius 2 is 2.38 bits per heavy atom. The van der Waals surface area contributed by atoms with Gasteiger partial charge in [0.1, 0.15) is 5.69 Å². The van der Waals surface area contributed by atoms with Crippen molar-refractivity contribution in [3.05, 3.63) is 32.7 Å². The molecular formula is C10H12BrN3OS. The normalized spacial score (nSPS) is 12.8. The minimum Gasteiger partial charge on any atom is -0.493 e. The van der Waals surface area contributed by atoms with Gasteiger partial charge in [0.15, 0.2) is 5.75 Å². The molecule has 0 spiro atoms. The number of nitrogens with two attached hydrogens (primary N) is 1. The average molecular weight is 302 g/mol. The van der Waals surface area contributed by atoms with Crippen molar-refractivity contribution in [2.45, 2.75) is 6.04 Å². The lowest BCUT2D eigenvalue weighted by Crippen LogP contribution is -2.16. The number of hydrogen-bond acceptors (Lipinski definition) is 4. The van der Waals surface area contributed by atoms with Crippen molar-refractivity contribution in [2.24, 2.45) is 12.8 Å². The van der Waals surface area contributed by atoms with Gasteiger partial charge in [-0.05, 0) is 32.9 Å². The first-order valence-electron chi connectivity index (χ1n) is 4.69. The smallest absolute Gasteiger partial charge is 0.161 e. The molecule has 6 heteroatoms. The highest BCUT2D eigenvalue weighted by Gasteiger charge is 2.19. The third-order valence-electron chi connectivity index (χ3n) is 2.41. The first kappa shape index (κ1) is 11.6. The van der Waals surface area contributed by atoms with E-state index in [0.717, 1.165) is 20.8 Å². The van der Waals surface area contributed by atoms with Crippen LogP contribution >= 0.6 is 27.3 Å². The van der Waals surface area contributed by atoms with Crippen LogP contribution in [0.3, 0.4) is 0 Å². The molecule has 2 rings (SSSR count). The Hall–Kier alpha value is -0.850. The minimum atomic E-state index is -0.218. The van der Waals surface area contributed by atoms with Gasteiger partial charge in [-0.3, -0.25) is 4.68 Å². The molecule has 2 N–H and O–H groups in total. The summed E-state index contributed by atoms with van der Waals surface area (Å²) in [6.07, 6.45) is 1.68. The summed E-state index contributed by atoms with van der Waals surface area (Å²) < 4.78 is 8.06. The van der Waals surface area contributed by atoms with Gasteiger partial charge in [0.25, 0.3) is 0 Å². The number of aryl methyl sites for hydroxylation is 1. The molecule has 2 heterocycles. The summed E-state index contributed by atoms with van der Waals surface area (Å²) in [4.78, 5) is 0. The van der Waals surface area contributed by atoms with Crippen LogP contribution in [0.2, 0.25) is 0 Å². The van der Waals surface area contributed by atoms with Gasteiger partial charge < -0.3 is 10.5 Å². The van der Waals surface area contributed by atoms with E-state index in [9.17, 15) is 0 Å². The molecule has 2 aromatic heterocycles. The third kappa shape index (κ3) is 2.00. The van der Waals surface area contributed by atoms with Crippen LogP contribution in [-0.2, 0) is 7.05 Å². The fourth-order valence-corrected chi connectivity index (χ4v) is 2.80. The maximum absolute atomic E-state index is 6.20. The SMILES string of the molecule is COc1cnn(C)c1C(N)c1csc(Br)c1. The van der Waals surface area contributed by atoms with Gasteiger partial charge >= 0.3 is 0 Å². The van der Waals surface area contributed by atoms with E-state index < -0.39 is 0 Å². The minimum absolute atomic E-state index is 0.218. The number of nitrogens with zero attached hydrogens (tertiary/aromatic N) is 2. The van der Waals surface area contributed by atoms with Crippen molar-refractivity contribution in [3.63, 3.8) is 0 Å². The van der Waals surface area contributed by atoms with E-state index in [0.29, 0.717) is 0 Å². The highest BCUT2D eigenvalue weighted by atomic mass is 79.9. The van der Waals surface area contributed by atoms with Gasteiger partial charge in [0, 0.05) is 7.05 Å². The molecule has 0 saturated heterocycles. The summed E-state index contributed by atoms with van der Waals surface area (Å²) in [7, 11) is 3.48. The number of rotatable bonds is 3. The van der Waals surface area contributed by atoms with Gasteiger partial charge in [-0.1, -0.05) is 0 Å². The highest BCUT2D eigenvalue weighted by Crippen LogP contribution is 2.31. The molecule has 86 valence electrons. The van der Waals surface area contributed by atoms with Gasteiger partial charge in [0.2, 0.25) is 0 Å². The summed E-state index contributed by atoms with van der Waals surface area (Å²) >= 11 is 5.04. The lowest BCUT2D eigenvalue weighted by Gasteiger charge is -2.12. The lowest BCUT2D eigenvalue weighted by atomic mass is 10.1. The number of ether oxygens (including phenoxy) is 1. The molecule has 0 saturated carbocycles. The molecule has 0 radical (unpaired) electrons. The predicted octanol–water partition coefficient (Wildman–Crippen LogP) is 2.30. The molecule has 0 aliphatic rings. The zero-order valence-corrected chi connectivity index (χ0v) is 11.4. The van der Waals surface area contributed by atoms with Crippen LogP contribution in [0.15, 0.2) is 21.4 Å². The van der Waals surface area contributed by atoms with E-state index in [1.807, 2.05) is 18.5 Å². The molecule has 0 amide bonds. The molecule has 1 atom stereocenters. The van der Waals surface area contributed by atoms with Crippen LogP contribution in [0, 0.1) is 0 Å². The Morgan fingerprint density at radius 1 is 1.62 bits per heavy atom. The number of aromatic nitrogens is 2.